The predicted octanol–water partition coefficient (Wildman–Crippen LogP) is 2.80. The summed E-state index contributed by atoms with van der Waals surface area (Å²) < 4.78 is 0. The van der Waals surface area contributed by atoms with Crippen LogP contribution >= 0.6 is 11.6 Å². The van der Waals surface area contributed by atoms with Gasteiger partial charge in [0.15, 0.2) is 0 Å². The minimum absolute atomic E-state index is 0.326. The summed E-state index contributed by atoms with van der Waals surface area (Å²) in [6.07, 6.45) is 6.16. The van der Waals surface area contributed by atoms with Crippen molar-refractivity contribution in [2.24, 2.45) is 11.8 Å². The molecule has 1 saturated heterocycles. The molecule has 0 bridgehead atoms. The Labute approximate surface area is 124 Å². The van der Waals surface area contributed by atoms with Crippen molar-refractivity contribution in [1.29, 1.82) is 0 Å². The molecule has 0 radical (unpaired) electrons. The van der Waals surface area contributed by atoms with Gasteiger partial charge in [0.05, 0.1) is 5.02 Å². The van der Waals surface area contributed by atoms with Crippen LogP contribution in [0, 0.1) is 11.8 Å². The normalized spacial score (nSPS) is 22.6. The van der Waals surface area contributed by atoms with Crippen LogP contribution < -0.4 is 5.32 Å². The molecule has 4 nitrogen and oxygen atoms in total. The van der Waals surface area contributed by atoms with Crippen LogP contribution in [0.3, 0.4) is 0 Å². The first kappa shape index (κ1) is 13.7. The lowest BCUT2D eigenvalue weighted by Crippen LogP contribution is -2.42. The Morgan fingerprint density at radius 3 is 3.05 bits per heavy atom. The van der Waals surface area contributed by atoms with Crippen LogP contribution in [0.1, 0.15) is 25.7 Å². The standard InChI is InChI=1S/C15H20ClN3O/c16-13-4-1-7-17-14(13)18-9-11-3-2-8-19(10-11)15(20)12-5-6-12/h1,4,7,11-12H,2-3,5-6,8-10H2,(H,17,18). The van der Waals surface area contributed by atoms with Gasteiger partial charge in [-0.2, -0.15) is 0 Å². The first-order chi connectivity index (χ1) is 9.74. The number of piperidine rings is 1. The van der Waals surface area contributed by atoms with E-state index < -0.39 is 0 Å². The van der Waals surface area contributed by atoms with Crippen LogP contribution in [-0.2, 0) is 4.79 Å². The van der Waals surface area contributed by atoms with E-state index in [0.717, 1.165) is 51.1 Å². The third kappa shape index (κ3) is 3.23. The molecule has 1 saturated carbocycles. The summed E-state index contributed by atoms with van der Waals surface area (Å²) in [4.78, 5) is 18.4. The number of hydrogen-bond donors (Lipinski definition) is 1. The van der Waals surface area contributed by atoms with Gasteiger partial charge in [0, 0.05) is 31.7 Å². The summed E-state index contributed by atoms with van der Waals surface area (Å²) in [7, 11) is 0. The number of hydrogen-bond acceptors (Lipinski definition) is 3. The molecule has 20 heavy (non-hydrogen) atoms. The molecule has 1 amide bonds. The second kappa shape index (κ2) is 6.00. The largest absolute Gasteiger partial charge is 0.368 e. The number of amides is 1. The molecule has 2 fully saturated rings. The van der Waals surface area contributed by atoms with Crippen molar-refractivity contribution in [3.63, 3.8) is 0 Å². The quantitative estimate of drug-likeness (QED) is 0.928. The Bertz CT molecular complexity index is 490. The Kier molecular flexibility index (Phi) is 4.10. The average molecular weight is 294 g/mol. The van der Waals surface area contributed by atoms with Gasteiger partial charge in [0.2, 0.25) is 5.91 Å². The van der Waals surface area contributed by atoms with Gasteiger partial charge in [-0.05, 0) is 43.7 Å². The number of carbonyl (C=O) groups is 1. The zero-order valence-electron chi connectivity index (χ0n) is 11.5. The monoisotopic (exact) mass is 293 g/mol. The van der Waals surface area contributed by atoms with E-state index in [0.29, 0.717) is 22.8 Å². The average Bonchev–Trinajstić information content (AvgIpc) is 3.31. The molecule has 2 aliphatic rings. The third-order valence-electron chi connectivity index (χ3n) is 4.07. The lowest BCUT2D eigenvalue weighted by molar-refractivity contribution is -0.134. The first-order valence-electron chi connectivity index (χ1n) is 7.37. The minimum Gasteiger partial charge on any atom is -0.368 e. The van der Waals surface area contributed by atoms with Crippen molar-refractivity contribution in [2.75, 3.05) is 25.0 Å². The van der Waals surface area contributed by atoms with Crippen molar-refractivity contribution in [2.45, 2.75) is 25.7 Å². The maximum Gasteiger partial charge on any atom is 0.225 e. The third-order valence-corrected chi connectivity index (χ3v) is 4.38. The zero-order valence-corrected chi connectivity index (χ0v) is 12.3. The van der Waals surface area contributed by atoms with E-state index in [1.165, 1.54) is 0 Å². The molecule has 1 unspecified atom stereocenters. The summed E-state index contributed by atoms with van der Waals surface area (Å²) in [5.41, 5.74) is 0. The Hall–Kier alpha value is -1.29. The van der Waals surface area contributed by atoms with Crippen LogP contribution in [0.4, 0.5) is 5.82 Å². The van der Waals surface area contributed by atoms with Gasteiger partial charge in [-0.25, -0.2) is 4.98 Å². The second-order valence-electron chi connectivity index (χ2n) is 5.78. The number of rotatable bonds is 4. The van der Waals surface area contributed by atoms with E-state index in [-0.39, 0.29) is 0 Å². The van der Waals surface area contributed by atoms with Crippen molar-refractivity contribution in [3.05, 3.63) is 23.4 Å². The fourth-order valence-electron chi connectivity index (χ4n) is 2.78. The second-order valence-corrected chi connectivity index (χ2v) is 6.19. The fourth-order valence-corrected chi connectivity index (χ4v) is 2.97. The summed E-state index contributed by atoms with van der Waals surface area (Å²) in [5.74, 6) is 1.92. The molecule has 1 aromatic rings. The molecule has 3 rings (SSSR count). The van der Waals surface area contributed by atoms with Gasteiger partial charge < -0.3 is 10.2 Å². The predicted molar refractivity (Wildman–Crippen MR) is 79.8 cm³/mol. The Balaban J connectivity index is 1.52. The summed E-state index contributed by atoms with van der Waals surface area (Å²) >= 11 is 6.08. The van der Waals surface area contributed by atoms with E-state index in [9.17, 15) is 4.79 Å². The van der Waals surface area contributed by atoms with Crippen molar-refractivity contribution in [1.82, 2.24) is 9.88 Å². The number of nitrogens with one attached hydrogen (secondary N) is 1. The Morgan fingerprint density at radius 1 is 1.45 bits per heavy atom. The van der Waals surface area contributed by atoms with Gasteiger partial charge in [0.1, 0.15) is 5.82 Å². The molecule has 1 aromatic heterocycles. The molecule has 1 atom stereocenters. The molecule has 1 aliphatic carbocycles. The smallest absolute Gasteiger partial charge is 0.225 e. The van der Waals surface area contributed by atoms with E-state index in [1.54, 1.807) is 6.20 Å². The van der Waals surface area contributed by atoms with Crippen LogP contribution in [0.5, 0.6) is 0 Å². The fraction of sp³-hybridized carbons (Fsp3) is 0.600. The van der Waals surface area contributed by atoms with Gasteiger partial charge in [-0.1, -0.05) is 11.6 Å². The summed E-state index contributed by atoms with van der Waals surface area (Å²) in [5, 5.41) is 3.95. The molecule has 5 heteroatoms. The van der Waals surface area contributed by atoms with Crippen molar-refractivity contribution in [3.8, 4) is 0 Å². The summed E-state index contributed by atoms with van der Waals surface area (Å²) in [6.45, 7) is 2.62. The zero-order chi connectivity index (χ0) is 13.9. The number of nitrogens with zero attached hydrogens (tertiary/aromatic N) is 2. The Morgan fingerprint density at radius 2 is 2.30 bits per heavy atom. The number of aromatic nitrogens is 1. The first-order valence-corrected chi connectivity index (χ1v) is 7.75. The van der Waals surface area contributed by atoms with E-state index >= 15 is 0 Å². The molecule has 0 aromatic carbocycles. The highest BCUT2D eigenvalue weighted by Gasteiger charge is 2.35. The van der Waals surface area contributed by atoms with Crippen LogP contribution in [0.15, 0.2) is 18.3 Å². The molecular formula is C15H20ClN3O. The molecule has 1 aliphatic heterocycles. The van der Waals surface area contributed by atoms with E-state index in [4.69, 9.17) is 11.6 Å². The van der Waals surface area contributed by atoms with Crippen molar-refractivity contribution >= 4 is 23.3 Å². The minimum atomic E-state index is 0.326. The molecule has 2 heterocycles. The van der Waals surface area contributed by atoms with Gasteiger partial charge >= 0.3 is 0 Å². The number of anilines is 1. The lowest BCUT2D eigenvalue weighted by atomic mass is 9.97. The number of likely N-dealkylation sites (tertiary alicyclic amines) is 1. The number of halogens is 1. The molecule has 0 spiro atoms. The highest BCUT2D eigenvalue weighted by atomic mass is 35.5. The van der Waals surface area contributed by atoms with E-state index in [2.05, 4.69) is 10.3 Å². The SMILES string of the molecule is O=C(C1CC1)N1CCCC(CNc2ncccc2Cl)C1. The van der Waals surface area contributed by atoms with Gasteiger partial charge in [-0.15, -0.1) is 0 Å². The number of carbonyl (C=O) groups excluding carboxylic acids is 1. The highest BCUT2D eigenvalue weighted by Crippen LogP contribution is 2.32. The maximum atomic E-state index is 12.1. The molecular weight excluding hydrogens is 274 g/mol. The molecule has 108 valence electrons. The van der Waals surface area contributed by atoms with Crippen LogP contribution in [0.25, 0.3) is 0 Å². The van der Waals surface area contributed by atoms with Gasteiger partial charge in [0.25, 0.3) is 0 Å². The van der Waals surface area contributed by atoms with Gasteiger partial charge in [-0.3, -0.25) is 4.79 Å². The lowest BCUT2D eigenvalue weighted by Gasteiger charge is -2.33. The highest BCUT2D eigenvalue weighted by molar-refractivity contribution is 6.32. The van der Waals surface area contributed by atoms with Crippen molar-refractivity contribution < 1.29 is 4.79 Å². The molecule has 1 N–H and O–H groups in total. The summed E-state index contributed by atoms with van der Waals surface area (Å²) in [6, 6.07) is 3.66. The maximum absolute atomic E-state index is 12.1. The van der Waals surface area contributed by atoms with Crippen LogP contribution in [0.2, 0.25) is 5.02 Å². The number of pyridine rings is 1. The van der Waals surface area contributed by atoms with E-state index in [1.807, 2.05) is 17.0 Å². The van der Waals surface area contributed by atoms with Crippen LogP contribution in [-0.4, -0.2) is 35.4 Å². The topological polar surface area (TPSA) is 45.2 Å².